The average molecular weight is 363 g/mol. The van der Waals surface area contributed by atoms with Gasteiger partial charge in [0.2, 0.25) is 17.7 Å². The van der Waals surface area contributed by atoms with Crippen molar-refractivity contribution in [1.82, 2.24) is 24.1 Å². The van der Waals surface area contributed by atoms with Crippen LogP contribution in [0.3, 0.4) is 0 Å². The first-order chi connectivity index (χ1) is 12.3. The van der Waals surface area contributed by atoms with E-state index in [9.17, 15) is 19.2 Å². The fourth-order valence-electron chi connectivity index (χ4n) is 3.71. The predicted octanol–water partition coefficient (Wildman–Crippen LogP) is 0.0177. The van der Waals surface area contributed by atoms with E-state index < -0.39 is 0 Å². The van der Waals surface area contributed by atoms with Crippen LogP contribution in [0.5, 0.6) is 0 Å². The molecule has 142 valence electrons. The Kier molecular flexibility index (Phi) is 4.97. The topological polar surface area (TPSA) is 97.5 Å². The van der Waals surface area contributed by atoms with Gasteiger partial charge in [-0.15, -0.1) is 0 Å². The number of aromatic nitrogens is 3. The molecule has 0 N–H and O–H groups in total. The molecule has 9 nitrogen and oxygen atoms in total. The second-order valence-electron chi connectivity index (χ2n) is 7.28. The summed E-state index contributed by atoms with van der Waals surface area (Å²) < 4.78 is 3.00. The number of aryl methyl sites for hydroxylation is 1. The lowest BCUT2D eigenvalue weighted by atomic mass is 9.96. The Morgan fingerprint density at radius 2 is 1.85 bits per heavy atom. The van der Waals surface area contributed by atoms with Crippen molar-refractivity contribution in [3.8, 4) is 0 Å². The Morgan fingerprint density at radius 1 is 1.19 bits per heavy atom. The van der Waals surface area contributed by atoms with Crippen molar-refractivity contribution in [2.24, 2.45) is 7.05 Å². The number of piperidine rings is 1. The van der Waals surface area contributed by atoms with Gasteiger partial charge in [0.1, 0.15) is 12.4 Å². The summed E-state index contributed by atoms with van der Waals surface area (Å²) in [5.74, 6) is -0.134. The van der Waals surface area contributed by atoms with Crippen LogP contribution < -0.4 is 5.69 Å². The summed E-state index contributed by atoms with van der Waals surface area (Å²) in [6.07, 6.45) is 2.00. The summed E-state index contributed by atoms with van der Waals surface area (Å²) in [6, 6.07) is -0.0166. The van der Waals surface area contributed by atoms with Gasteiger partial charge in [-0.25, -0.2) is 9.48 Å². The molecule has 0 aliphatic carbocycles. The standard InChI is InChI=1S/C17H25N5O4/c1-11(2)22-16(18-19(3)17(22)26)12-5-4-8-20(9-12)15(25)10-21-13(23)6-7-14(21)24/h11-12H,4-10H2,1-3H3. The quantitative estimate of drug-likeness (QED) is 0.703. The van der Waals surface area contributed by atoms with Crippen molar-refractivity contribution in [3.63, 3.8) is 0 Å². The van der Waals surface area contributed by atoms with Crippen LogP contribution in [-0.4, -0.2) is 61.5 Å². The van der Waals surface area contributed by atoms with E-state index in [0.717, 1.165) is 17.7 Å². The summed E-state index contributed by atoms with van der Waals surface area (Å²) in [4.78, 5) is 51.1. The molecule has 1 aromatic heterocycles. The predicted molar refractivity (Wildman–Crippen MR) is 92.4 cm³/mol. The van der Waals surface area contributed by atoms with Crippen LogP contribution in [0.1, 0.15) is 57.3 Å². The molecule has 1 unspecified atom stereocenters. The highest BCUT2D eigenvalue weighted by atomic mass is 16.2. The number of likely N-dealkylation sites (tertiary alicyclic amines) is 2. The molecule has 1 atom stereocenters. The fraction of sp³-hybridized carbons (Fsp3) is 0.706. The van der Waals surface area contributed by atoms with Gasteiger partial charge in [-0.05, 0) is 26.7 Å². The van der Waals surface area contributed by atoms with E-state index >= 15 is 0 Å². The molecule has 2 fully saturated rings. The van der Waals surface area contributed by atoms with Gasteiger partial charge in [0.05, 0.1) is 0 Å². The van der Waals surface area contributed by atoms with Gasteiger partial charge in [-0.2, -0.15) is 5.10 Å². The lowest BCUT2D eigenvalue weighted by Crippen LogP contribution is -2.46. The largest absolute Gasteiger partial charge is 0.345 e. The minimum absolute atomic E-state index is 0.0166. The van der Waals surface area contributed by atoms with E-state index in [0.29, 0.717) is 18.9 Å². The molecule has 0 bridgehead atoms. The normalized spacial score (nSPS) is 21.2. The van der Waals surface area contributed by atoms with Crippen molar-refractivity contribution in [2.45, 2.75) is 51.5 Å². The van der Waals surface area contributed by atoms with Crippen molar-refractivity contribution in [2.75, 3.05) is 19.6 Å². The average Bonchev–Trinajstić information content (AvgIpc) is 3.08. The van der Waals surface area contributed by atoms with Crippen LogP contribution in [0, 0.1) is 0 Å². The van der Waals surface area contributed by atoms with Crippen LogP contribution in [0.4, 0.5) is 0 Å². The second-order valence-corrected chi connectivity index (χ2v) is 7.28. The van der Waals surface area contributed by atoms with Gasteiger partial charge in [0, 0.05) is 44.9 Å². The van der Waals surface area contributed by atoms with Crippen molar-refractivity contribution in [1.29, 1.82) is 0 Å². The zero-order chi connectivity index (χ0) is 19.0. The Hall–Kier alpha value is -2.45. The third-order valence-electron chi connectivity index (χ3n) is 5.09. The monoisotopic (exact) mass is 363 g/mol. The first kappa shape index (κ1) is 18.3. The number of imide groups is 1. The molecule has 2 aliphatic heterocycles. The highest BCUT2D eigenvalue weighted by molar-refractivity contribution is 6.04. The summed E-state index contributed by atoms with van der Waals surface area (Å²) in [6.45, 7) is 4.71. The van der Waals surface area contributed by atoms with E-state index in [2.05, 4.69) is 5.10 Å². The highest BCUT2D eigenvalue weighted by Gasteiger charge is 2.34. The molecule has 2 aliphatic rings. The first-order valence-electron chi connectivity index (χ1n) is 9.06. The minimum atomic E-state index is -0.282. The Labute approximate surface area is 151 Å². The maximum atomic E-state index is 12.6. The Morgan fingerprint density at radius 3 is 2.46 bits per heavy atom. The molecule has 3 rings (SSSR count). The van der Waals surface area contributed by atoms with Gasteiger partial charge in [-0.1, -0.05) is 0 Å². The van der Waals surface area contributed by atoms with Gasteiger partial charge >= 0.3 is 5.69 Å². The molecule has 1 aromatic rings. The smallest absolute Gasteiger partial charge is 0.340 e. The number of hydrogen-bond donors (Lipinski definition) is 0. The van der Waals surface area contributed by atoms with Crippen LogP contribution in [0.25, 0.3) is 0 Å². The maximum absolute atomic E-state index is 12.6. The highest BCUT2D eigenvalue weighted by Crippen LogP contribution is 2.26. The van der Waals surface area contributed by atoms with Crippen molar-refractivity contribution < 1.29 is 14.4 Å². The van der Waals surface area contributed by atoms with E-state index in [1.54, 1.807) is 16.5 Å². The summed E-state index contributed by atoms with van der Waals surface area (Å²) in [5, 5.41) is 4.39. The van der Waals surface area contributed by atoms with Gasteiger partial charge in [0.15, 0.2) is 0 Å². The summed E-state index contributed by atoms with van der Waals surface area (Å²) in [7, 11) is 1.63. The fourth-order valence-corrected chi connectivity index (χ4v) is 3.71. The molecule has 0 spiro atoms. The van der Waals surface area contributed by atoms with Gasteiger partial charge < -0.3 is 4.90 Å². The SMILES string of the molecule is CC(C)n1c(C2CCCN(C(=O)CN3C(=O)CCC3=O)C2)nn(C)c1=O. The van der Waals surface area contributed by atoms with Crippen molar-refractivity contribution in [3.05, 3.63) is 16.3 Å². The number of amides is 3. The third kappa shape index (κ3) is 3.30. The molecule has 0 saturated carbocycles. The zero-order valence-corrected chi connectivity index (χ0v) is 15.5. The molecular weight excluding hydrogens is 338 g/mol. The minimum Gasteiger partial charge on any atom is -0.340 e. The Balaban J connectivity index is 1.75. The molecule has 9 heteroatoms. The molecule has 3 amide bonds. The number of nitrogens with zero attached hydrogens (tertiary/aromatic N) is 5. The van der Waals surface area contributed by atoms with Gasteiger partial charge in [-0.3, -0.25) is 23.9 Å². The molecule has 3 heterocycles. The number of rotatable bonds is 4. The number of carbonyl (C=O) groups excluding carboxylic acids is 3. The number of carbonyl (C=O) groups is 3. The number of hydrogen-bond acceptors (Lipinski definition) is 5. The lowest BCUT2D eigenvalue weighted by Gasteiger charge is -2.33. The van der Waals surface area contributed by atoms with Crippen molar-refractivity contribution >= 4 is 17.7 Å². The van der Waals surface area contributed by atoms with E-state index in [1.807, 2.05) is 13.8 Å². The van der Waals surface area contributed by atoms with Crippen LogP contribution in [-0.2, 0) is 21.4 Å². The molecule has 26 heavy (non-hydrogen) atoms. The molecule has 0 aromatic carbocycles. The van der Waals surface area contributed by atoms with Gasteiger partial charge in [0.25, 0.3) is 0 Å². The zero-order valence-electron chi connectivity index (χ0n) is 15.5. The van der Waals surface area contributed by atoms with E-state index in [1.165, 1.54) is 4.68 Å². The van der Waals surface area contributed by atoms with E-state index in [4.69, 9.17) is 0 Å². The molecular formula is C17H25N5O4. The first-order valence-corrected chi connectivity index (χ1v) is 9.06. The molecule has 2 saturated heterocycles. The van der Waals surface area contributed by atoms with E-state index in [-0.39, 0.29) is 54.8 Å². The second kappa shape index (κ2) is 7.05. The summed E-state index contributed by atoms with van der Waals surface area (Å²) >= 11 is 0. The maximum Gasteiger partial charge on any atom is 0.345 e. The van der Waals surface area contributed by atoms with Crippen LogP contribution in [0.2, 0.25) is 0 Å². The van der Waals surface area contributed by atoms with Crippen LogP contribution >= 0.6 is 0 Å². The lowest BCUT2D eigenvalue weighted by molar-refractivity contribution is -0.146. The van der Waals surface area contributed by atoms with Crippen LogP contribution in [0.15, 0.2) is 4.79 Å². The molecule has 0 radical (unpaired) electrons. The Bertz CT molecular complexity index is 778. The third-order valence-corrected chi connectivity index (χ3v) is 5.09. The summed E-state index contributed by atoms with van der Waals surface area (Å²) in [5.41, 5.74) is -0.160.